The summed E-state index contributed by atoms with van der Waals surface area (Å²) >= 11 is 1.19. The fourth-order valence-electron chi connectivity index (χ4n) is 2.21. The Kier molecular flexibility index (Phi) is 6.56. The number of benzene rings is 1. The molecule has 0 aromatic heterocycles. The molecule has 2 atom stereocenters. The Morgan fingerprint density at radius 1 is 1.38 bits per heavy atom. The standard InChI is InChI=1S/C15H19FN4O3S/c1-17-12(21)6-11-7-13(22)20-15(19-11)24-8-14(23)18-10-4-2-3-9(16)5-10/h2-5,11,15,19H,6-8H2,1H3,(H,17,21)(H,18,23)(H,20,22). The van der Waals surface area contributed by atoms with E-state index in [1.165, 1.54) is 37.0 Å². The fraction of sp³-hybridized carbons (Fsp3) is 0.400. The molecule has 2 rings (SSSR count). The van der Waals surface area contributed by atoms with Crippen molar-refractivity contribution in [3.8, 4) is 0 Å². The van der Waals surface area contributed by atoms with Crippen LogP contribution in [0.15, 0.2) is 24.3 Å². The van der Waals surface area contributed by atoms with E-state index in [0.29, 0.717) is 5.69 Å². The average Bonchev–Trinajstić information content (AvgIpc) is 2.52. The second kappa shape index (κ2) is 8.65. The molecule has 1 fully saturated rings. The van der Waals surface area contributed by atoms with E-state index < -0.39 is 11.3 Å². The van der Waals surface area contributed by atoms with Crippen LogP contribution in [-0.4, -0.2) is 42.1 Å². The highest BCUT2D eigenvalue weighted by atomic mass is 32.2. The van der Waals surface area contributed by atoms with Crippen molar-refractivity contribution in [2.75, 3.05) is 18.1 Å². The Bertz CT molecular complexity index is 628. The summed E-state index contributed by atoms with van der Waals surface area (Å²) in [5.74, 6) is -1.00. The van der Waals surface area contributed by atoms with Crippen LogP contribution in [0.5, 0.6) is 0 Å². The molecule has 0 bridgehead atoms. The van der Waals surface area contributed by atoms with Crippen LogP contribution in [0, 0.1) is 5.82 Å². The van der Waals surface area contributed by atoms with Gasteiger partial charge in [0, 0.05) is 31.6 Å². The molecule has 2 unspecified atom stereocenters. The normalized spacial score (nSPS) is 20.2. The van der Waals surface area contributed by atoms with Gasteiger partial charge in [-0.3, -0.25) is 19.7 Å². The maximum atomic E-state index is 13.1. The van der Waals surface area contributed by atoms with E-state index in [9.17, 15) is 18.8 Å². The van der Waals surface area contributed by atoms with Crippen LogP contribution in [0.1, 0.15) is 12.8 Å². The molecule has 0 saturated carbocycles. The SMILES string of the molecule is CNC(=O)CC1CC(=O)NC(SCC(=O)Nc2cccc(F)c2)N1. The Hall–Kier alpha value is -2.13. The molecule has 7 nitrogen and oxygen atoms in total. The molecule has 1 aliphatic heterocycles. The fourth-order valence-corrected chi connectivity index (χ4v) is 3.11. The van der Waals surface area contributed by atoms with Gasteiger partial charge in [0.15, 0.2) is 0 Å². The number of rotatable bonds is 6. The van der Waals surface area contributed by atoms with Crippen molar-refractivity contribution >= 4 is 35.2 Å². The molecule has 1 aliphatic rings. The van der Waals surface area contributed by atoms with Gasteiger partial charge in [0.1, 0.15) is 11.3 Å². The molecule has 1 heterocycles. The van der Waals surface area contributed by atoms with Crippen molar-refractivity contribution in [3.63, 3.8) is 0 Å². The maximum Gasteiger partial charge on any atom is 0.234 e. The van der Waals surface area contributed by atoms with Crippen LogP contribution in [0.3, 0.4) is 0 Å². The molecule has 1 saturated heterocycles. The quantitative estimate of drug-likeness (QED) is 0.593. The van der Waals surface area contributed by atoms with Gasteiger partial charge in [-0.25, -0.2) is 4.39 Å². The van der Waals surface area contributed by atoms with Crippen LogP contribution in [0.2, 0.25) is 0 Å². The predicted molar refractivity (Wildman–Crippen MR) is 89.6 cm³/mol. The lowest BCUT2D eigenvalue weighted by Crippen LogP contribution is -2.55. The first-order chi connectivity index (χ1) is 11.5. The number of hydrogen-bond acceptors (Lipinski definition) is 5. The van der Waals surface area contributed by atoms with Crippen LogP contribution in [0.25, 0.3) is 0 Å². The number of amides is 3. The summed E-state index contributed by atoms with van der Waals surface area (Å²) in [6.45, 7) is 0. The van der Waals surface area contributed by atoms with Gasteiger partial charge in [-0.15, -0.1) is 11.8 Å². The molecule has 4 N–H and O–H groups in total. The first kappa shape index (κ1) is 18.2. The highest BCUT2D eigenvalue weighted by Crippen LogP contribution is 2.15. The second-order valence-electron chi connectivity index (χ2n) is 5.26. The molecule has 0 spiro atoms. The molecule has 1 aromatic carbocycles. The van der Waals surface area contributed by atoms with Crippen molar-refractivity contribution in [2.24, 2.45) is 0 Å². The van der Waals surface area contributed by atoms with Gasteiger partial charge >= 0.3 is 0 Å². The lowest BCUT2D eigenvalue weighted by molar-refractivity contribution is -0.125. The first-order valence-electron chi connectivity index (χ1n) is 7.39. The van der Waals surface area contributed by atoms with Crippen LogP contribution < -0.4 is 21.3 Å². The Morgan fingerprint density at radius 3 is 2.88 bits per heavy atom. The molecule has 3 amide bonds. The van der Waals surface area contributed by atoms with Gasteiger partial charge in [0.25, 0.3) is 0 Å². The largest absolute Gasteiger partial charge is 0.359 e. The average molecular weight is 354 g/mol. The summed E-state index contributed by atoms with van der Waals surface area (Å²) in [6, 6.07) is 5.33. The molecular weight excluding hydrogens is 335 g/mol. The molecule has 9 heteroatoms. The number of halogens is 1. The molecule has 1 aromatic rings. The number of hydrogen-bond donors (Lipinski definition) is 4. The van der Waals surface area contributed by atoms with E-state index in [0.717, 1.165) is 0 Å². The maximum absolute atomic E-state index is 13.1. The van der Waals surface area contributed by atoms with Crippen LogP contribution in [-0.2, 0) is 14.4 Å². The van der Waals surface area contributed by atoms with Gasteiger partial charge in [-0.1, -0.05) is 6.07 Å². The summed E-state index contributed by atoms with van der Waals surface area (Å²) in [5.41, 5.74) is -0.0853. The third-order valence-electron chi connectivity index (χ3n) is 3.31. The number of anilines is 1. The smallest absolute Gasteiger partial charge is 0.234 e. The zero-order valence-corrected chi connectivity index (χ0v) is 13.9. The topological polar surface area (TPSA) is 99.3 Å². The zero-order valence-electron chi connectivity index (χ0n) is 13.1. The van der Waals surface area contributed by atoms with E-state index in [4.69, 9.17) is 0 Å². The monoisotopic (exact) mass is 354 g/mol. The third-order valence-corrected chi connectivity index (χ3v) is 4.33. The van der Waals surface area contributed by atoms with Gasteiger partial charge in [0.2, 0.25) is 17.7 Å². The number of thioether (sulfide) groups is 1. The van der Waals surface area contributed by atoms with Gasteiger partial charge in [0.05, 0.1) is 5.75 Å². The van der Waals surface area contributed by atoms with E-state index in [-0.39, 0.29) is 42.4 Å². The zero-order chi connectivity index (χ0) is 17.5. The predicted octanol–water partition coefficient (Wildman–Crippen LogP) is 0.395. The highest BCUT2D eigenvalue weighted by Gasteiger charge is 2.27. The minimum absolute atomic E-state index is 0.0706. The Balaban J connectivity index is 1.80. The number of carbonyl (C=O) groups excluding carboxylic acids is 3. The van der Waals surface area contributed by atoms with E-state index in [1.807, 2.05) is 0 Å². The minimum Gasteiger partial charge on any atom is -0.359 e. The van der Waals surface area contributed by atoms with Crippen molar-refractivity contribution < 1.29 is 18.8 Å². The summed E-state index contributed by atoms with van der Waals surface area (Å²) in [5, 5.41) is 10.9. The highest BCUT2D eigenvalue weighted by molar-refractivity contribution is 8.00. The van der Waals surface area contributed by atoms with Crippen LogP contribution >= 0.6 is 11.8 Å². The van der Waals surface area contributed by atoms with Gasteiger partial charge < -0.3 is 16.0 Å². The summed E-state index contributed by atoms with van der Waals surface area (Å²) in [7, 11) is 1.54. The molecular formula is C15H19FN4O3S. The van der Waals surface area contributed by atoms with Gasteiger partial charge in [-0.2, -0.15) is 0 Å². The number of nitrogens with one attached hydrogen (secondary N) is 4. The van der Waals surface area contributed by atoms with Crippen molar-refractivity contribution in [2.45, 2.75) is 24.4 Å². The molecule has 0 radical (unpaired) electrons. The lowest BCUT2D eigenvalue weighted by Gasteiger charge is -2.30. The first-order valence-corrected chi connectivity index (χ1v) is 8.44. The third kappa shape index (κ3) is 5.82. The van der Waals surface area contributed by atoms with Crippen LogP contribution in [0.4, 0.5) is 10.1 Å². The Labute approximate surface area is 143 Å². The second-order valence-corrected chi connectivity index (χ2v) is 6.36. The van der Waals surface area contributed by atoms with Gasteiger partial charge in [-0.05, 0) is 18.2 Å². The Morgan fingerprint density at radius 2 is 2.17 bits per heavy atom. The molecule has 130 valence electrons. The summed E-state index contributed by atoms with van der Waals surface area (Å²) < 4.78 is 13.1. The lowest BCUT2D eigenvalue weighted by atomic mass is 10.1. The minimum atomic E-state index is -0.459. The summed E-state index contributed by atoms with van der Waals surface area (Å²) in [4.78, 5) is 35.0. The van der Waals surface area contributed by atoms with Crippen molar-refractivity contribution in [1.82, 2.24) is 16.0 Å². The van der Waals surface area contributed by atoms with E-state index >= 15 is 0 Å². The van der Waals surface area contributed by atoms with E-state index in [2.05, 4.69) is 21.3 Å². The summed E-state index contributed by atoms with van der Waals surface area (Å²) in [6.07, 6.45) is 0.399. The van der Waals surface area contributed by atoms with Crippen molar-refractivity contribution in [1.29, 1.82) is 0 Å². The number of carbonyl (C=O) groups is 3. The molecule has 24 heavy (non-hydrogen) atoms. The molecule has 0 aliphatic carbocycles. The van der Waals surface area contributed by atoms with E-state index in [1.54, 1.807) is 6.07 Å². The van der Waals surface area contributed by atoms with Crippen molar-refractivity contribution in [3.05, 3.63) is 30.1 Å².